The van der Waals surface area contributed by atoms with Gasteiger partial charge in [-0.2, -0.15) is 0 Å². The molecular formula is C37H42N4OS2. The maximum Gasteiger partial charge on any atom is 0.175 e. The largest absolute Gasteiger partial charge is 0.452 e. The molecule has 4 aromatic rings. The fraction of sp³-hybridized carbons (Fsp3) is 0.297. The van der Waals surface area contributed by atoms with Crippen LogP contribution in [0.1, 0.15) is 77.6 Å². The third kappa shape index (κ3) is 6.74. The first-order valence-electron chi connectivity index (χ1n) is 14.9. The highest BCUT2D eigenvalue weighted by Crippen LogP contribution is 2.55. The molecule has 0 fully saturated rings. The number of para-hydroxylation sites is 2. The van der Waals surface area contributed by atoms with Gasteiger partial charge in [-0.15, -0.1) is 0 Å². The Bertz CT molecular complexity index is 1580. The molecule has 1 aliphatic rings. The van der Waals surface area contributed by atoms with Crippen LogP contribution in [0.4, 0.5) is 22.7 Å². The lowest BCUT2D eigenvalue weighted by atomic mass is 9.71. The van der Waals surface area contributed by atoms with Crippen molar-refractivity contribution in [3.63, 3.8) is 0 Å². The number of ether oxygens (including phenoxy) is 1. The minimum absolute atomic E-state index is 0.0917. The molecule has 1 heterocycles. The molecule has 0 amide bonds. The van der Waals surface area contributed by atoms with Crippen molar-refractivity contribution >= 4 is 57.4 Å². The van der Waals surface area contributed by atoms with Gasteiger partial charge in [0.25, 0.3) is 0 Å². The van der Waals surface area contributed by atoms with E-state index in [9.17, 15) is 0 Å². The summed E-state index contributed by atoms with van der Waals surface area (Å²) >= 11 is 11.6. The zero-order chi connectivity index (χ0) is 31.9. The Kier molecular flexibility index (Phi) is 8.49. The first-order valence-corrected chi connectivity index (χ1v) is 15.8. The molecule has 0 bridgehead atoms. The third-order valence-corrected chi connectivity index (χ3v) is 8.43. The molecule has 1 aliphatic heterocycles. The molecule has 4 N–H and O–H groups in total. The van der Waals surface area contributed by atoms with E-state index < -0.39 is 0 Å². The van der Waals surface area contributed by atoms with Crippen LogP contribution in [-0.2, 0) is 16.2 Å². The lowest BCUT2D eigenvalue weighted by Gasteiger charge is -2.39. The molecule has 5 rings (SSSR count). The van der Waals surface area contributed by atoms with Crippen molar-refractivity contribution in [2.24, 2.45) is 0 Å². The summed E-state index contributed by atoms with van der Waals surface area (Å²) in [5, 5.41) is 14.5. The molecule has 7 heteroatoms. The van der Waals surface area contributed by atoms with Crippen molar-refractivity contribution < 1.29 is 4.74 Å². The smallest absolute Gasteiger partial charge is 0.175 e. The van der Waals surface area contributed by atoms with Gasteiger partial charge in [-0.1, -0.05) is 104 Å². The van der Waals surface area contributed by atoms with Crippen LogP contribution in [-0.4, -0.2) is 10.2 Å². The molecule has 4 aromatic carbocycles. The van der Waals surface area contributed by atoms with Crippen LogP contribution in [0.5, 0.6) is 11.5 Å². The van der Waals surface area contributed by atoms with Crippen molar-refractivity contribution in [3.05, 3.63) is 107 Å². The van der Waals surface area contributed by atoms with Crippen molar-refractivity contribution in [1.29, 1.82) is 0 Å². The Morgan fingerprint density at radius 1 is 0.568 bits per heavy atom. The van der Waals surface area contributed by atoms with E-state index in [-0.39, 0.29) is 16.2 Å². The average Bonchev–Trinajstić information content (AvgIpc) is 2.93. The second-order valence-electron chi connectivity index (χ2n) is 13.9. The molecule has 0 unspecified atom stereocenters. The second-order valence-corrected chi connectivity index (χ2v) is 14.7. The highest BCUT2D eigenvalue weighted by Gasteiger charge is 2.39. The maximum absolute atomic E-state index is 6.91. The summed E-state index contributed by atoms with van der Waals surface area (Å²) in [6.07, 6.45) is 0. The standard InChI is InChI=1S/C37H42N4OS2/c1-35(2,3)23-19-27-31(29(21-23)40-33(43)38-25-15-11-9-12-16-25)42-32-28(37(27,7)8)20-24(36(4,5)6)22-30(32)41-34(44)39-26-17-13-10-14-18-26/h9-22H,1-8H3,(H2,38,40,43)(H2,39,41,44). The van der Waals surface area contributed by atoms with E-state index >= 15 is 0 Å². The fourth-order valence-electron chi connectivity index (χ4n) is 5.32. The number of benzene rings is 4. The highest BCUT2D eigenvalue weighted by atomic mass is 32.1. The van der Waals surface area contributed by atoms with E-state index in [1.165, 1.54) is 11.1 Å². The minimum atomic E-state index is -0.388. The first-order chi connectivity index (χ1) is 20.6. The Labute approximate surface area is 272 Å². The second kappa shape index (κ2) is 11.9. The summed E-state index contributed by atoms with van der Waals surface area (Å²) in [6.45, 7) is 17.9. The first kappa shape index (κ1) is 31.5. The summed E-state index contributed by atoms with van der Waals surface area (Å²) in [4.78, 5) is 0. The van der Waals surface area contributed by atoms with E-state index in [1.54, 1.807) is 0 Å². The molecule has 5 nitrogen and oxygen atoms in total. The van der Waals surface area contributed by atoms with Crippen molar-refractivity contribution in [2.45, 2.75) is 71.6 Å². The van der Waals surface area contributed by atoms with Crippen molar-refractivity contribution in [1.82, 2.24) is 0 Å². The van der Waals surface area contributed by atoms with Crippen molar-refractivity contribution in [3.8, 4) is 11.5 Å². The number of rotatable bonds is 4. The normalized spacial score (nSPS) is 13.5. The number of hydrogen-bond acceptors (Lipinski definition) is 3. The topological polar surface area (TPSA) is 57.3 Å². The zero-order valence-electron chi connectivity index (χ0n) is 26.8. The fourth-order valence-corrected chi connectivity index (χ4v) is 5.77. The molecular weight excluding hydrogens is 581 g/mol. The van der Waals surface area contributed by atoms with Gasteiger partial charge in [-0.05, 0) is 82.8 Å². The molecule has 228 valence electrons. The molecule has 0 radical (unpaired) electrons. The molecule has 0 atom stereocenters. The summed E-state index contributed by atoms with van der Waals surface area (Å²) in [6, 6.07) is 28.7. The summed E-state index contributed by atoms with van der Waals surface area (Å²) in [5.74, 6) is 1.50. The van der Waals surface area contributed by atoms with Gasteiger partial charge in [0.2, 0.25) is 0 Å². The summed E-state index contributed by atoms with van der Waals surface area (Å²) in [5.41, 5.74) is 7.48. The molecule has 0 saturated carbocycles. The van der Waals surface area contributed by atoms with Gasteiger partial charge in [0.05, 0.1) is 11.4 Å². The lowest BCUT2D eigenvalue weighted by Crippen LogP contribution is -2.29. The Balaban J connectivity index is 1.61. The molecule has 0 saturated heterocycles. The number of fused-ring (bicyclic) bond motifs is 2. The molecule has 0 aromatic heterocycles. The van der Waals surface area contributed by atoms with Crippen LogP contribution in [0, 0.1) is 0 Å². The summed E-state index contributed by atoms with van der Waals surface area (Å²) in [7, 11) is 0. The van der Waals surface area contributed by atoms with E-state index in [2.05, 4.69) is 101 Å². The molecule has 0 spiro atoms. The Morgan fingerprint density at radius 3 is 1.27 bits per heavy atom. The predicted molar refractivity (Wildman–Crippen MR) is 195 cm³/mol. The predicted octanol–water partition coefficient (Wildman–Crippen LogP) is 10.3. The van der Waals surface area contributed by atoms with Crippen LogP contribution >= 0.6 is 24.4 Å². The van der Waals surface area contributed by atoms with Gasteiger partial charge in [-0.3, -0.25) is 0 Å². The number of thiocarbonyl (C=S) groups is 2. The Morgan fingerprint density at radius 2 is 0.932 bits per heavy atom. The van der Waals surface area contributed by atoms with E-state index in [4.69, 9.17) is 29.2 Å². The number of anilines is 4. The zero-order valence-corrected chi connectivity index (χ0v) is 28.4. The van der Waals surface area contributed by atoms with E-state index in [1.807, 2.05) is 60.7 Å². The maximum atomic E-state index is 6.91. The highest BCUT2D eigenvalue weighted by molar-refractivity contribution is 7.81. The monoisotopic (exact) mass is 622 g/mol. The molecule has 44 heavy (non-hydrogen) atoms. The summed E-state index contributed by atoms with van der Waals surface area (Å²) < 4.78 is 6.91. The molecule has 0 aliphatic carbocycles. The van der Waals surface area contributed by atoms with Gasteiger partial charge < -0.3 is 26.0 Å². The average molecular weight is 623 g/mol. The van der Waals surface area contributed by atoms with Crippen LogP contribution < -0.4 is 26.0 Å². The number of nitrogens with one attached hydrogen (secondary N) is 4. The van der Waals surface area contributed by atoms with Crippen LogP contribution in [0.3, 0.4) is 0 Å². The van der Waals surface area contributed by atoms with E-state index in [0.717, 1.165) is 45.4 Å². The van der Waals surface area contributed by atoms with Gasteiger partial charge in [0.1, 0.15) is 0 Å². The Hall–Kier alpha value is -3.94. The van der Waals surface area contributed by atoms with Gasteiger partial charge >= 0.3 is 0 Å². The van der Waals surface area contributed by atoms with E-state index in [0.29, 0.717) is 10.2 Å². The quantitative estimate of drug-likeness (QED) is 0.169. The SMILES string of the molecule is CC(C)(C)c1cc(NC(=S)Nc2ccccc2)c2c(c1)C(C)(C)c1cc(C(C)(C)C)cc(NC(=S)Nc3ccccc3)c1O2. The number of hydrogen-bond donors (Lipinski definition) is 4. The van der Waals surface area contributed by atoms with Gasteiger partial charge in [0.15, 0.2) is 21.7 Å². The minimum Gasteiger partial charge on any atom is -0.452 e. The van der Waals surface area contributed by atoms with Crippen LogP contribution in [0.25, 0.3) is 0 Å². The van der Waals surface area contributed by atoms with Gasteiger partial charge in [-0.25, -0.2) is 0 Å². The van der Waals surface area contributed by atoms with Crippen LogP contribution in [0.2, 0.25) is 0 Å². The van der Waals surface area contributed by atoms with Gasteiger partial charge in [0, 0.05) is 27.9 Å². The van der Waals surface area contributed by atoms with Crippen molar-refractivity contribution in [2.75, 3.05) is 21.3 Å². The lowest BCUT2D eigenvalue weighted by molar-refractivity contribution is 0.419. The van der Waals surface area contributed by atoms with Crippen LogP contribution in [0.15, 0.2) is 84.9 Å². The third-order valence-electron chi connectivity index (χ3n) is 8.02.